The molecule has 1 rings (SSSR count). The highest BCUT2D eigenvalue weighted by molar-refractivity contribution is 5.36. The van der Waals surface area contributed by atoms with Gasteiger partial charge < -0.3 is 17.3 Å². The Morgan fingerprint density at radius 2 is 2.12 bits per heavy atom. The van der Waals surface area contributed by atoms with E-state index in [4.69, 9.17) is 17.3 Å². The van der Waals surface area contributed by atoms with E-state index < -0.39 is 0 Å². The molecule has 44 valence electrons. The molecule has 0 radical (unpaired) electrons. The molecule has 0 amide bonds. The van der Waals surface area contributed by atoms with E-state index in [1.165, 1.54) is 6.20 Å². The van der Waals surface area contributed by atoms with Crippen LogP contribution in [0.2, 0.25) is 0 Å². The van der Waals surface area contributed by atoms with E-state index in [0.717, 1.165) is 4.68 Å². The summed E-state index contributed by atoms with van der Waals surface area (Å²) in [5, 5.41) is 0. The number of nitrogen functional groups attached to an aromatic ring is 3. The number of nitrogens with two attached hydrogens (primary N) is 3. The lowest BCUT2D eigenvalue weighted by Crippen LogP contribution is -2.14. The largest absolute Gasteiger partial charge is 0.382 e. The van der Waals surface area contributed by atoms with Crippen LogP contribution >= 0.6 is 0 Å². The van der Waals surface area contributed by atoms with Crippen LogP contribution in [0.5, 0.6) is 0 Å². The summed E-state index contributed by atoms with van der Waals surface area (Å²) in [5.41, 5.74) is 10.4. The van der Waals surface area contributed by atoms with Crippen molar-refractivity contribution >= 4 is 11.8 Å². The molecule has 0 saturated heterocycles. The first-order valence-corrected chi connectivity index (χ1v) is 2.05. The lowest BCUT2D eigenvalue weighted by Gasteiger charge is -1.93. The van der Waals surface area contributed by atoms with Crippen molar-refractivity contribution in [2.45, 2.75) is 0 Å². The molecule has 5 nitrogen and oxygen atoms in total. The van der Waals surface area contributed by atoms with Crippen LogP contribution in [0.25, 0.3) is 0 Å². The number of aromatic nitrogens is 2. The summed E-state index contributed by atoms with van der Waals surface area (Å²) in [4.78, 5) is 3.61. The zero-order valence-corrected chi connectivity index (χ0v) is 4.20. The fraction of sp³-hybridized carbons (Fsp3) is 0. The van der Waals surface area contributed by atoms with E-state index in [0.29, 0.717) is 5.82 Å². The van der Waals surface area contributed by atoms with Crippen LogP contribution in [-0.4, -0.2) is 9.66 Å². The van der Waals surface area contributed by atoms with Crippen LogP contribution in [0.1, 0.15) is 0 Å². The molecule has 0 saturated carbocycles. The summed E-state index contributed by atoms with van der Waals surface area (Å²) in [5.74, 6) is 5.79. The molecule has 0 aromatic carbocycles. The van der Waals surface area contributed by atoms with Crippen LogP contribution in [0.4, 0.5) is 11.8 Å². The van der Waals surface area contributed by atoms with E-state index >= 15 is 0 Å². The summed E-state index contributed by atoms with van der Waals surface area (Å²) in [6, 6.07) is 0. The average Bonchev–Trinajstić information content (AvgIpc) is 1.98. The second-order valence-electron chi connectivity index (χ2n) is 1.41. The van der Waals surface area contributed by atoms with Crippen LogP contribution in [0.15, 0.2) is 6.20 Å². The molecule has 0 aliphatic rings. The minimum atomic E-state index is 0.225. The van der Waals surface area contributed by atoms with Crippen LogP contribution in [0.3, 0.4) is 0 Å². The van der Waals surface area contributed by atoms with Crippen molar-refractivity contribution in [2.75, 3.05) is 17.3 Å². The Kier molecular flexibility index (Phi) is 0.768. The zero-order chi connectivity index (χ0) is 6.15. The van der Waals surface area contributed by atoms with E-state index in [2.05, 4.69) is 4.98 Å². The smallest absolute Gasteiger partial charge is 0.220 e. The standard InChI is InChI=1S/C3H7N5/c4-2-1-7-3(5)8(2)6/h1H,4,6H2,(H2,5,7). The first kappa shape index (κ1) is 4.76. The molecule has 0 atom stereocenters. The fourth-order valence-corrected chi connectivity index (χ4v) is 0.389. The van der Waals surface area contributed by atoms with Gasteiger partial charge in [0.25, 0.3) is 0 Å². The topological polar surface area (TPSA) is 95.9 Å². The molecule has 0 spiro atoms. The molecule has 0 bridgehead atoms. The molecule has 8 heavy (non-hydrogen) atoms. The van der Waals surface area contributed by atoms with Crippen LogP contribution < -0.4 is 17.3 Å². The van der Waals surface area contributed by atoms with Gasteiger partial charge in [-0.2, -0.15) is 0 Å². The van der Waals surface area contributed by atoms with E-state index in [1.54, 1.807) is 0 Å². The molecule has 0 unspecified atom stereocenters. The Morgan fingerprint density at radius 3 is 2.25 bits per heavy atom. The van der Waals surface area contributed by atoms with E-state index in [9.17, 15) is 0 Å². The number of anilines is 2. The summed E-state index contributed by atoms with van der Waals surface area (Å²) in [7, 11) is 0. The van der Waals surface area contributed by atoms with Crippen molar-refractivity contribution < 1.29 is 0 Å². The average molecular weight is 113 g/mol. The molecule has 0 aliphatic carbocycles. The van der Waals surface area contributed by atoms with Gasteiger partial charge in [0.1, 0.15) is 5.82 Å². The molecule has 0 fully saturated rings. The first-order valence-electron chi connectivity index (χ1n) is 2.05. The Morgan fingerprint density at radius 1 is 1.50 bits per heavy atom. The fourth-order valence-electron chi connectivity index (χ4n) is 0.389. The van der Waals surface area contributed by atoms with Crippen LogP contribution in [0, 0.1) is 0 Å². The number of rotatable bonds is 0. The summed E-state index contributed by atoms with van der Waals surface area (Å²) in [6.07, 6.45) is 1.40. The Bertz CT molecular complexity index is 170. The van der Waals surface area contributed by atoms with Crippen LogP contribution in [-0.2, 0) is 0 Å². The van der Waals surface area contributed by atoms with Crippen molar-refractivity contribution in [3.8, 4) is 0 Å². The predicted octanol–water partition coefficient (Wildman–Crippen LogP) is -1.24. The third kappa shape index (κ3) is 0.446. The molecular weight excluding hydrogens is 106 g/mol. The lowest BCUT2D eigenvalue weighted by atomic mass is 10.8. The maximum Gasteiger partial charge on any atom is 0.220 e. The van der Waals surface area contributed by atoms with Gasteiger partial charge in [0.05, 0.1) is 6.20 Å². The normalized spacial score (nSPS) is 9.50. The maximum absolute atomic E-state index is 5.24. The molecule has 5 heteroatoms. The summed E-state index contributed by atoms with van der Waals surface area (Å²) in [6.45, 7) is 0. The van der Waals surface area contributed by atoms with Gasteiger partial charge in [0.2, 0.25) is 5.95 Å². The van der Waals surface area contributed by atoms with E-state index in [-0.39, 0.29) is 5.95 Å². The van der Waals surface area contributed by atoms with Gasteiger partial charge in [0, 0.05) is 0 Å². The SMILES string of the molecule is Nc1cnc(N)n1N. The molecular formula is C3H7N5. The molecule has 6 N–H and O–H groups in total. The highest BCUT2D eigenvalue weighted by Crippen LogP contribution is 2.00. The second-order valence-corrected chi connectivity index (χ2v) is 1.41. The van der Waals surface area contributed by atoms with Gasteiger partial charge in [-0.3, -0.25) is 0 Å². The number of hydrogen-bond acceptors (Lipinski definition) is 4. The second kappa shape index (κ2) is 1.29. The van der Waals surface area contributed by atoms with Crippen molar-refractivity contribution in [1.29, 1.82) is 0 Å². The van der Waals surface area contributed by atoms with Crippen molar-refractivity contribution in [3.05, 3.63) is 6.20 Å². The van der Waals surface area contributed by atoms with Crippen molar-refractivity contribution in [3.63, 3.8) is 0 Å². The van der Waals surface area contributed by atoms with E-state index in [1.807, 2.05) is 0 Å². The van der Waals surface area contributed by atoms with Crippen molar-refractivity contribution in [2.24, 2.45) is 0 Å². The quantitative estimate of drug-likeness (QED) is 0.367. The minimum absolute atomic E-state index is 0.225. The minimum Gasteiger partial charge on any atom is -0.382 e. The highest BCUT2D eigenvalue weighted by atomic mass is 15.4. The molecule has 1 aromatic rings. The van der Waals surface area contributed by atoms with Gasteiger partial charge in [-0.15, -0.1) is 0 Å². The Hall–Kier alpha value is -1.39. The Balaban J connectivity index is 3.19. The summed E-state index contributed by atoms with van der Waals surface area (Å²) >= 11 is 0. The lowest BCUT2D eigenvalue weighted by molar-refractivity contribution is 1.03. The Labute approximate surface area is 46.1 Å². The number of nitrogens with zero attached hydrogens (tertiary/aromatic N) is 2. The third-order valence-corrected chi connectivity index (χ3v) is 0.854. The van der Waals surface area contributed by atoms with Crippen molar-refractivity contribution in [1.82, 2.24) is 9.66 Å². The summed E-state index contributed by atoms with van der Waals surface area (Å²) < 4.78 is 1.11. The third-order valence-electron chi connectivity index (χ3n) is 0.854. The molecule has 1 heterocycles. The highest BCUT2D eigenvalue weighted by Gasteiger charge is 1.95. The van der Waals surface area contributed by atoms with Gasteiger partial charge in [-0.25, -0.2) is 9.66 Å². The zero-order valence-electron chi connectivity index (χ0n) is 4.20. The molecule has 0 aliphatic heterocycles. The van der Waals surface area contributed by atoms with Gasteiger partial charge in [0.15, 0.2) is 0 Å². The predicted molar refractivity (Wildman–Crippen MR) is 31.2 cm³/mol. The maximum atomic E-state index is 5.24. The van der Waals surface area contributed by atoms with Gasteiger partial charge in [-0.05, 0) is 0 Å². The number of imidazole rings is 1. The van der Waals surface area contributed by atoms with Gasteiger partial charge in [-0.1, -0.05) is 0 Å². The molecule has 1 aromatic heterocycles. The number of hydrogen-bond donors (Lipinski definition) is 3. The van der Waals surface area contributed by atoms with Gasteiger partial charge >= 0.3 is 0 Å². The monoisotopic (exact) mass is 113 g/mol. The first-order chi connectivity index (χ1) is 3.72.